The van der Waals surface area contributed by atoms with Gasteiger partial charge in [-0.05, 0) is 35.8 Å². The average molecular weight is 176 g/mol. The molecular weight excluding hydrogens is 160 g/mol. The van der Waals surface area contributed by atoms with Crippen molar-refractivity contribution < 1.29 is 5.11 Å². The summed E-state index contributed by atoms with van der Waals surface area (Å²) in [7, 11) is 0. The first-order valence-corrected chi connectivity index (χ1v) is 5.05. The Morgan fingerprint density at radius 2 is 2.00 bits per heavy atom. The van der Waals surface area contributed by atoms with Gasteiger partial charge in [0.15, 0.2) is 0 Å². The van der Waals surface area contributed by atoms with Crippen LogP contribution in [0.1, 0.15) is 30.4 Å². The molecule has 2 rings (SSSR count). The molecule has 0 aromatic heterocycles. The van der Waals surface area contributed by atoms with E-state index < -0.39 is 0 Å². The third-order valence-electron chi connectivity index (χ3n) is 2.97. The van der Waals surface area contributed by atoms with Gasteiger partial charge in [0, 0.05) is 6.61 Å². The average Bonchev–Trinajstić information content (AvgIpc) is 2.97. The van der Waals surface area contributed by atoms with Crippen LogP contribution in [0.4, 0.5) is 0 Å². The zero-order valence-corrected chi connectivity index (χ0v) is 8.03. The molecule has 70 valence electrons. The lowest BCUT2D eigenvalue weighted by Gasteiger charge is -2.00. The summed E-state index contributed by atoms with van der Waals surface area (Å²) in [6.45, 7) is 2.52. The van der Waals surface area contributed by atoms with Gasteiger partial charge in [-0.3, -0.25) is 0 Å². The third-order valence-corrected chi connectivity index (χ3v) is 2.97. The SMILES string of the molecule is CCc1ccc(C2CC2CO)cc1. The second kappa shape index (κ2) is 3.51. The Morgan fingerprint density at radius 3 is 2.46 bits per heavy atom. The van der Waals surface area contributed by atoms with E-state index in [2.05, 4.69) is 31.2 Å². The number of aryl methyl sites for hydroxylation is 1. The van der Waals surface area contributed by atoms with Crippen molar-refractivity contribution in [3.63, 3.8) is 0 Å². The lowest BCUT2D eigenvalue weighted by Crippen LogP contribution is -1.89. The highest BCUT2D eigenvalue weighted by molar-refractivity contribution is 5.29. The molecule has 2 unspecified atom stereocenters. The fourth-order valence-corrected chi connectivity index (χ4v) is 1.86. The van der Waals surface area contributed by atoms with Gasteiger partial charge >= 0.3 is 0 Å². The Bertz CT molecular complexity index is 276. The highest BCUT2D eigenvalue weighted by Crippen LogP contribution is 2.46. The van der Waals surface area contributed by atoms with Crippen LogP contribution in [0.5, 0.6) is 0 Å². The molecular formula is C12H16O. The lowest BCUT2D eigenvalue weighted by molar-refractivity contribution is 0.274. The first-order chi connectivity index (χ1) is 6.35. The van der Waals surface area contributed by atoms with Crippen molar-refractivity contribution in [3.05, 3.63) is 35.4 Å². The zero-order chi connectivity index (χ0) is 9.26. The minimum Gasteiger partial charge on any atom is -0.396 e. The van der Waals surface area contributed by atoms with Crippen LogP contribution in [0.2, 0.25) is 0 Å². The molecule has 0 aliphatic heterocycles. The summed E-state index contributed by atoms with van der Waals surface area (Å²) in [5.74, 6) is 1.17. The molecule has 0 spiro atoms. The monoisotopic (exact) mass is 176 g/mol. The summed E-state index contributed by atoms with van der Waals surface area (Å²) in [5, 5.41) is 8.94. The van der Waals surface area contributed by atoms with Crippen molar-refractivity contribution in [2.24, 2.45) is 5.92 Å². The highest BCUT2D eigenvalue weighted by Gasteiger charge is 2.37. The molecule has 2 atom stereocenters. The molecule has 1 nitrogen and oxygen atoms in total. The van der Waals surface area contributed by atoms with E-state index in [1.165, 1.54) is 17.5 Å². The topological polar surface area (TPSA) is 20.2 Å². The Kier molecular flexibility index (Phi) is 2.36. The van der Waals surface area contributed by atoms with Gasteiger partial charge in [-0.1, -0.05) is 31.2 Å². The first kappa shape index (κ1) is 8.76. The summed E-state index contributed by atoms with van der Waals surface area (Å²) in [6, 6.07) is 8.81. The predicted molar refractivity (Wildman–Crippen MR) is 53.8 cm³/mol. The van der Waals surface area contributed by atoms with E-state index in [0.717, 1.165) is 6.42 Å². The molecule has 0 bridgehead atoms. The van der Waals surface area contributed by atoms with Gasteiger partial charge in [0.1, 0.15) is 0 Å². The molecule has 1 aromatic carbocycles. The molecule has 13 heavy (non-hydrogen) atoms. The number of aliphatic hydroxyl groups is 1. The van der Waals surface area contributed by atoms with E-state index >= 15 is 0 Å². The molecule has 1 saturated carbocycles. The Morgan fingerprint density at radius 1 is 1.31 bits per heavy atom. The largest absolute Gasteiger partial charge is 0.396 e. The second-order valence-electron chi connectivity index (χ2n) is 3.88. The molecule has 1 fully saturated rings. The van der Waals surface area contributed by atoms with Crippen molar-refractivity contribution >= 4 is 0 Å². The normalized spacial score (nSPS) is 26.0. The minimum absolute atomic E-state index is 0.347. The minimum atomic E-state index is 0.347. The van der Waals surface area contributed by atoms with Crippen LogP contribution >= 0.6 is 0 Å². The molecule has 1 aliphatic rings. The van der Waals surface area contributed by atoms with Crippen molar-refractivity contribution in [2.75, 3.05) is 6.61 Å². The Hall–Kier alpha value is -0.820. The van der Waals surface area contributed by atoms with Crippen LogP contribution in [0.3, 0.4) is 0 Å². The molecule has 0 radical (unpaired) electrons. The molecule has 1 N–H and O–H groups in total. The Labute approximate surface area is 79.4 Å². The van der Waals surface area contributed by atoms with Crippen LogP contribution in [0.25, 0.3) is 0 Å². The van der Waals surface area contributed by atoms with E-state index in [0.29, 0.717) is 18.4 Å². The van der Waals surface area contributed by atoms with Gasteiger partial charge in [0.2, 0.25) is 0 Å². The predicted octanol–water partition coefficient (Wildman–Crippen LogP) is 2.34. The molecule has 0 saturated heterocycles. The van der Waals surface area contributed by atoms with Crippen LogP contribution in [-0.2, 0) is 6.42 Å². The van der Waals surface area contributed by atoms with E-state index in [9.17, 15) is 0 Å². The van der Waals surface area contributed by atoms with Crippen molar-refractivity contribution in [1.82, 2.24) is 0 Å². The maximum absolute atomic E-state index is 8.94. The standard InChI is InChI=1S/C12H16O/c1-2-9-3-5-10(6-4-9)12-7-11(12)8-13/h3-6,11-13H,2,7-8H2,1H3. The van der Waals surface area contributed by atoms with Gasteiger partial charge < -0.3 is 5.11 Å². The van der Waals surface area contributed by atoms with Crippen LogP contribution < -0.4 is 0 Å². The molecule has 1 aromatic rings. The number of aliphatic hydroxyl groups excluding tert-OH is 1. The van der Waals surface area contributed by atoms with Gasteiger partial charge in [-0.25, -0.2) is 0 Å². The smallest absolute Gasteiger partial charge is 0.0465 e. The summed E-state index contributed by atoms with van der Waals surface area (Å²) >= 11 is 0. The van der Waals surface area contributed by atoms with Crippen LogP contribution in [-0.4, -0.2) is 11.7 Å². The summed E-state index contributed by atoms with van der Waals surface area (Å²) in [5.41, 5.74) is 2.79. The van der Waals surface area contributed by atoms with Gasteiger partial charge in [0.05, 0.1) is 0 Å². The van der Waals surface area contributed by atoms with Gasteiger partial charge in [0.25, 0.3) is 0 Å². The fourth-order valence-electron chi connectivity index (χ4n) is 1.86. The molecule has 1 aliphatic carbocycles. The van der Waals surface area contributed by atoms with Crippen LogP contribution in [0, 0.1) is 5.92 Å². The van der Waals surface area contributed by atoms with E-state index in [1.54, 1.807) is 0 Å². The molecule has 0 amide bonds. The maximum Gasteiger partial charge on any atom is 0.0465 e. The lowest BCUT2D eigenvalue weighted by atomic mass is 10.1. The van der Waals surface area contributed by atoms with Crippen molar-refractivity contribution in [1.29, 1.82) is 0 Å². The highest BCUT2D eigenvalue weighted by atomic mass is 16.3. The third kappa shape index (κ3) is 1.75. The summed E-state index contributed by atoms with van der Waals surface area (Å²) in [6.07, 6.45) is 2.27. The summed E-state index contributed by atoms with van der Waals surface area (Å²) < 4.78 is 0. The Balaban J connectivity index is 2.07. The van der Waals surface area contributed by atoms with E-state index in [-0.39, 0.29) is 0 Å². The maximum atomic E-state index is 8.94. The zero-order valence-electron chi connectivity index (χ0n) is 8.03. The van der Waals surface area contributed by atoms with Gasteiger partial charge in [-0.15, -0.1) is 0 Å². The quantitative estimate of drug-likeness (QED) is 0.749. The van der Waals surface area contributed by atoms with E-state index in [1.807, 2.05) is 0 Å². The van der Waals surface area contributed by atoms with Crippen LogP contribution in [0.15, 0.2) is 24.3 Å². The number of hydrogen-bond acceptors (Lipinski definition) is 1. The van der Waals surface area contributed by atoms with Crippen molar-refractivity contribution in [3.8, 4) is 0 Å². The number of hydrogen-bond donors (Lipinski definition) is 1. The number of benzene rings is 1. The molecule has 1 heteroatoms. The van der Waals surface area contributed by atoms with Crippen molar-refractivity contribution in [2.45, 2.75) is 25.7 Å². The fraction of sp³-hybridized carbons (Fsp3) is 0.500. The van der Waals surface area contributed by atoms with E-state index in [4.69, 9.17) is 5.11 Å². The first-order valence-electron chi connectivity index (χ1n) is 5.05. The second-order valence-corrected chi connectivity index (χ2v) is 3.88. The number of rotatable bonds is 3. The van der Waals surface area contributed by atoms with Gasteiger partial charge in [-0.2, -0.15) is 0 Å². The molecule has 0 heterocycles. The summed E-state index contributed by atoms with van der Waals surface area (Å²) in [4.78, 5) is 0.